The molecule has 1 saturated heterocycles. The van der Waals surface area contributed by atoms with Gasteiger partial charge in [0.15, 0.2) is 5.06 Å². The van der Waals surface area contributed by atoms with Gasteiger partial charge in [-0.25, -0.2) is 4.79 Å². The van der Waals surface area contributed by atoms with Crippen molar-refractivity contribution < 1.29 is 28.6 Å². The molecule has 3 rings (SSSR count). The molecule has 2 aromatic rings. The Labute approximate surface area is 194 Å². The number of thiophene rings is 1. The van der Waals surface area contributed by atoms with Crippen molar-refractivity contribution in [2.75, 3.05) is 43.7 Å². The van der Waals surface area contributed by atoms with Crippen molar-refractivity contribution in [2.24, 2.45) is 0 Å². The first-order chi connectivity index (χ1) is 15.2. The van der Waals surface area contributed by atoms with Crippen molar-refractivity contribution in [3.05, 3.63) is 40.2 Å². The van der Waals surface area contributed by atoms with Gasteiger partial charge in [-0.15, -0.1) is 0 Å². The maximum atomic E-state index is 13.0. The number of nitrogens with one attached hydrogen (secondary N) is 2. The van der Waals surface area contributed by atoms with Crippen molar-refractivity contribution in [3.63, 3.8) is 0 Å². The smallest absolute Gasteiger partial charge is 0.399 e. The van der Waals surface area contributed by atoms with Crippen LogP contribution in [-0.4, -0.2) is 56.9 Å². The van der Waals surface area contributed by atoms with Crippen LogP contribution < -0.4 is 20.3 Å². The van der Waals surface area contributed by atoms with E-state index in [1.165, 1.54) is 14.0 Å². The summed E-state index contributed by atoms with van der Waals surface area (Å²) in [6, 6.07) is 8.39. The first kappa shape index (κ1) is 24.0. The molecule has 0 aliphatic carbocycles. The highest BCUT2D eigenvalue weighted by Crippen LogP contribution is 2.29. The summed E-state index contributed by atoms with van der Waals surface area (Å²) in [5.74, 6) is -0.603. The van der Waals surface area contributed by atoms with E-state index in [4.69, 9.17) is 25.8 Å². The second-order valence-electron chi connectivity index (χ2n) is 7.39. The van der Waals surface area contributed by atoms with Crippen LogP contribution in [0, 0.1) is 6.92 Å². The van der Waals surface area contributed by atoms with Crippen LogP contribution in [0.3, 0.4) is 0 Å². The Bertz CT molecular complexity index is 1010. The number of hydrogen-bond acceptors (Lipinski definition) is 7. The first-order valence-corrected chi connectivity index (χ1v) is 11.0. The molecule has 0 radical (unpaired) electrons. The van der Waals surface area contributed by atoms with Crippen LogP contribution in [-0.2, 0) is 19.1 Å². The summed E-state index contributed by atoms with van der Waals surface area (Å²) in [4.78, 5) is 39.1. The SMILES string of the molecule is COC[C@@](C)(NC(=O)Oc1ccc(Cl)s1)C(=O)Nc1ccc(N2CCOCC2=O)c(C)c1. The number of methoxy groups -OCH3 is 1. The van der Waals surface area contributed by atoms with Gasteiger partial charge in [-0.1, -0.05) is 22.9 Å². The molecule has 9 nitrogen and oxygen atoms in total. The lowest BCUT2D eigenvalue weighted by Gasteiger charge is -2.29. The van der Waals surface area contributed by atoms with E-state index < -0.39 is 17.5 Å². The lowest BCUT2D eigenvalue weighted by Crippen LogP contribution is -2.58. The number of amides is 3. The maximum absolute atomic E-state index is 13.0. The number of carbonyl (C=O) groups excluding carboxylic acids is 3. The van der Waals surface area contributed by atoms with Gasteiger partial charge in [-0.2, -0.15) is 0 Å². The molecule has 2 N–H and O–H groups in total. The van der Waals surface area contributed by atoms with Crippen LogP contribution in [0.15, 0.2) is 30.3 Å². The zero-order chi connectivity index (χ0) is 23.3. The molecule has 1 aromatic heterocycles. The fourth-order valence-corrected chi connectivity index (χ4v) is 4.09. The van der Waals surface area contributed by atoms with Crippen molar-refractivity contribution in [3.8, 4) is 5.06 Å². The highest BCUT2D eigenvalue weighted by molar-refractivity contribution is 7.17. The predicted molar refractivity (Wildman–Crippen MR) is 122 cm³/mol. The summed E-state index contributed by atoms with van der Waals surface area (Å²) in [5.41, 5.74) is 0.680. The van der Waals surface area contributed by atoms with Crippen molar-refractivity contribution in [2.45, 2.75) is 19.4 Å². The summed E-state index contributed by atoms with van der Waals surface area (Å²) in [7, 11) is 1.43. The molecule has 1 aliphatic heterocycles. The molecule has 0 spiro atoms. The predicted octanol–water partition coefficient (Wildman–Crippen LogP) is 3.21. The molecule has 0 saturated carbocycles. The third kappa shape index (κ3) is 5.77. The van der Waals surface area contributed by atoms with Gasteiger partial charge in [0.1, 0.15) is 12.1 Å². The lowest BCUT2D eigenvalue weighted by molar-refractivity contribution is -0.125. The second kappa shape index (κ2) is 10.3. The Morgan fingerprint density at radius 1 is 1.31 bits per heavy atom. The zero-order valence-electron chi connectivity index (χ0n) is 17.9. The van der Waals surface area contributed by atoms with Gasteiger partial charge in [0.2, 0.25) is 0 Å². The molecule has 1 fully saturated rings. The Kier molecular flexibility index (Phi) is 7.73. The summed E-state index contributed by atoms with van der Waals surface area (Å²) in [5, 5.41) is 5.64. The minimum absolute atomic E-state index is 0.0484. The standard InChI is InChI=1S/C21H24ClN3O6S/c1-13-10-14(4-5-15(13)25-8-9-30-11-17(25)26)23-19(27)21(2,12-29-3)24-20(28)31-18-7-6-16(22)32-18/h4-7,10H,8-9,11-12H2,1-3H3,(H,23,27)(H,24,28)/t21-/m1/s1. The van der Waals surface area contributed by atoms with Crippen LogP contribution >= 0.6 is 22.9 Å². The third-order valence-electron chi connectivity index (χ3n) is 4.79. The number of ether oxygens (including phenoxy) is 3. The molecule has 1 atom stereocenters. The Hall–Kier alpha value is -2.66. The summed E-state index contributed by atoms with van der Waals surface area (Å²) in [6.45, 7) is 4.29. The summed E-state index contributed by atoms with van der Waals surface area (Å²) >= 11 is 6.94. The van der Waals surface area contributed by atoms with Crippen LogP contribution in [0.25, 0.3) is 0 Å². The molecule has 0 unspecified atom stereocenters. The van der Waals surface area contributed by atoms with Crippen LogP contribution in [0.5, 0.6) is 5.06 Å². The van der Waals surface area contributed by atoms with Crippen molar-refractivity contribution in [1.82, 2.24) is 5.32 Å². The number of carbonyl (C=O) groups is 3. The molecule has 32 heavy (non-hydrogen) atoms. The molecule has 2 heterocycles. The van der Waals surface area contributed by atoms with Crippen LogP contribution in [0.4, 0.5) is 16.2 Å². The number of morpholine rings is 1. The average Bonchev–Trinajstić information content (AvgIpc) is 3.13. The van der Waals surface area contributed by atoms with Gasteiger partial charge in [-0.3, -0.25) is 9.59 Å². The lowest BCUT2D eigenvalue weighted by atomic mass is 10.0. The van der Waals surface area contributed by atoms with Gasteiger partial charge in [0, 0.05) is 25.0 Å². The Morgan fingerprint density at radius 2 is 2.09 bits per heavy atom. The van der Waals surface area contributed by atoms with E-state index in [1.807, 2.05) is 6.92 Å². The van der Waals surface area contributed by atoms with E-state index in [0.717, 1.165) is 22.6 Å². The molecule has 1 aromatic carbocycles. The summed E-state index contributed by atoms with van der Waals surface area (Å²) < 4.78 is 16.0. The van der Waals surface area contributed by atoms with Gasteiger partial charge in [0.05, 0.1) is 17.6 Å². The topological polar surface area (TPSA) is 106 Å². The summed E-state index contributed by atoms with van der Waals surface area (Å²) in [6.07, 6.45) is -0.810. The van der Waals surface area contributed by atoms with Gasteiger partial charge in [0.25, 0.3) is 11.8 Å². The van der Waals surface area contributed by atoms with E-state index in [1.54, 1.807) is 35.2 Å². The Morgan fingerprint density at radius 3 is 2.72 bits per heavy atom. The van der Waals surface area contributed by atoms with E-state index in [0.29, 0.717) is 28.2 Å². The number of nitrogens with zero attached hydrogens (tertiary/aromatic N) is 1. The molecule has 0 bridgehead atoms. The quantitative estimate of drug-likeness (QED) is 0.629. The molecule has 11 heteroatoms. The highest BCUT2D eigenvalue weighted by Gasteiger charge is 2.36. The normalized spacial score (nSPS) is 15.8. The fraction of sp³-hybridized carbons (Fsp3) is 0.381. The van der Waals surface area contributed by atoms with Crippen LogP contribution in [0.2, 0.25) is 4.34 Å². The number of hydrogen-bond donors (Lipinski definition) is 2. The number of benzene rings is 1. The third-order valence-corrected chi connectivity index (χ3v) is 5.89. The number of halogens is 1. The molecular formula is C21H24ClN3O6S. The van der Waals surface area contributed by atoms with Crippen molar-refractivity contribution >= 4 is 52.2 Å². The van der Waals surface area contributed by atoms with E-state index in [2.05, 4.69) is 10.6 Å². The number of rotatable bonds is 7. The second-order valence-corrected chi connectivity index (χ2v) is 9.07. The van der Waals surface area contributed by atoms with Crippen molar-refractivity contribution in [1.29, 1.82) is 0 Å². The molecule has 1 aliphatic rings. The van der Waals surface area contributed by atoms with Gasteiger partial charge in [-0.05, 0) is 49.7 Å². The van der Waals surface area contributed by atoms with Gasteiger partial charge < -0.3 is 29.7 Å². The molecule has 172 valence electrons. The fourth-order valence-electron chi connectivity index (χ4n) is 3.22. The van der Waals surface area contributed by atoms with E-state index in [9.17, 15) is 14.4 Å². The Balaban J connectivity index is 1.69. The maximum Gasteiger partial charge on any atom is 0.414 e. The number of anilines is 2. The first-order valence-electron chi connectivity index (χ1n) is 9.76. The van der Waals surface area contributed by atoms with Gasteiger partial charge >= 0.3 is 6.09 Å². The minimum atomic E-state index is -1.40. The minimum Gasteiger partial charge on any atom is -0.399 e. The molecule has 3 amide bonds. The van der Waals surface area contributed by atoms with Crippen LogP contribution in [0.1, 0.15) is 12.5 Å². The monoisotopic (exact) mass is 481 g/mol. The number of aryl methyl sites for hydroxylation is 1. The average molecular weight is 482 g/mol. The largest absolute Gasteiger partial charge is 0.414 e. The molecular weight excluding hydrogens is 458 g/mol. The van der Waals surface area contributed by atoms with E-state index >= 15 is 0 Å². The van der Waals surface area contributed by atoms with E-state index in [-0.39, 0.29) is 19.1 Å². The highest BCUT2D eigenvalue weighted by atomic mass is 35.5. The zero-order valence-corrected chi connectivity index (χ0v) is 19.5.